The molecular formula is C3H4NO. The van der Waals surface area contributed by atoms with Crippen molar-refractivity contribution in [2.75, 3.05) is 6.61 Å². The van der Waals surface area contributed by atoms with E-state index in [1.807, 2.05) is 0 Å². The largest absolute Gasteiger partial charge is 0.395 e. The zero-order valence-corrected chi connectivity index (χ0v) is 2.68. The Kier molecular flexibility index (Phi) is 3.07. The summed E-state index contributed by atoms with van der Waals surface area (Å²) in [5.41, 5.74) is 0. The highest BCUT2D eigenvalue weighted by atomic mass is 16.2. The maximum absolute atomic E-state index is 7.79. The molecule has 1 N–H and O–H groups in total. The number of rotatable bonds is 1. The van der Waals surface area contributed by atoms with Gasteiger partial charge in [0.25, 0.3) is 0 Å². The average molecular weight is 70.1 g/mol. The summed E-state index contributed by atoms with van der Waals surface area (Å²) in [6.45, 7) is -0.142. The van der Waals surface area contributed by atoms with Crippen LogP contribution in [0, 0.1) is 17.8 Å². The van der Waals surface area contributed by atoms with Gasteiger partial charge in [-0.15, -0.1) is 0 Å². The lowest BCUT2D eigenvalue weighted by Gasteiger charge is -1.66. The van der Waals surface area contributed by atoms with E-state index in [-0.39, 0.29) is 6.61 Å². The highest BCUT2D eigenvalue weighted by Crippen LogP contribution is 1.60. The monoisotopic (exact) mass is 70.0 g/mol. The molecule has 0 aliphatic heterocycles. The molecule has 1 radical (unpaired) electrons. The van der Waals surface area contributed by atoms with Gasteiger partial charge in [-0.25, -0.2) is 0 Å². The van der Waals surface area contributed by atoms with Crippen LogP contribution in [0.3, 0.4) is 0 Å². The summed E-state index contributed by atoms with van der Waals surface area (Å²) < 4.78 is 0. The molecule has 0 aromatic rings. The van der Waals surface area contributed by atoms with Crippen molar-refractivity contribution in [1.29, 1.82) is 5.26 Å². The highest BCUT2D eigenvalue weighted by molar-refractivity contribution is 4.89. The Bertz CT molecular complexity index is 45.3. The lowest BCUT2D eigenvalue weighted by atomic mass is 10.5. The minimum Gasteiger partial charge on any atom is -0.395 e. The molecule has 0 saturated heterocycles. The molecule has 0 aromatic carbocycles. The van der Waals surface area contributed by atoms with Crippen LogP contribution in [0.5, 0.6) is 0 Å². The molecule has 0 unspecified atom stereocenters. The van der Waals surface area contributed by atoms with Gasteiger partial charge in [-0.05, 0) is 0 Å². The summed E-state index contributed by atoms with van der Waals surface area (Å²) in [4.78, 5) is 0. The van der Waals surface area contributed by atoms with Crippen molar-refractivity contribution in [3.8, 4) is 6.07 Å². The topological polar surface area (TPSA) is 44.0 Å². The molecule has 0 rings (SSSR count). The molecule has 0 fully saturated rings. The SMILES string of the molecule is N#C[CH]CO. The first kappa shape index (κ1) is 4.45. The van der Waals surface area contributed by atoms with Crippen LogP contribution in [0.1, 0.15) is 0 Å². The van der Waals surface area contributed by atoms with Gasteiger partial charge in [0, 0.05) is 0 Å². The van der Waals surface area contributed by atoms with E-state index in [4.69, 9.17) is 10.4 Å². The Morgan fingerprint density at radius 2 is 2.60 bits per heavy atom. The first-order chi connectivity index (χ1) is 2.41. The van der Waals surface area contributed by atoms with Gasteiger partial charge in [-0.3, -0.25) is 0 Å². The van der Waals surface area contributed by atoms with Crippen LogP contribution >= 0.6 is 0 Å². The molecule has 0 spiro atoms. The smallest absolute Gasteiger partial charge is 0.0874 e. The molecule has 0 heterocycles. The number of hydrogen-bond donors (Lipinski definition) is 1. The Balaban J connectivity index is 2.48. The van der Waals surface area contributed by atoms with E-state index in [0.29, 0.717) is 0 Å². The molecule has 0 atom stereocenters. The lowest BCUT2D eigenvalue weighted by molar-refractivity contribution is 0.333. The predicted molar refractivity (Wildman–Crippen MR) is 17.0 cm³/mol. The van der Waals surface area contributed by atoms with E-state index in [1.54, 1.807) is 6.07 Å². The summed E-state index contributed by atoms with van der Waals surface area (Å²) >= 11 is 0. The number of aliphatic hydroxyl groups excluding tert-OH is 1. The molecular weight excluding hydrogens is 66.0 g/mol. The van der Waals surface area contributed by atoms with E-state index >= 15 is 0 Å². The normalized spacial score (nSPS) is 6.40. The maximum atomic E-state index is 7.79. The van der Waals surface area contributed by atoms with Crippen molar-refractivity contribution in [1.82, 2.24) is 0 Å². The minimum absolute atomic E-state index is 0.142. The van der Waals surface area contributed by atoms with Gasteiger partial charge in [-0.1, -0.05) is 0 Å². The quantitative estimate of drug-likeness (QED) is 0.460. The van der Waals surface area contributed by atoms with Gasteiger partial charge >= 0.3 is 0 Å². The third kappa shape index (κ3) is 3.45. The van der Waals surface area contributed by atoms with Gasteiger partial charge in [0.15, 0.2) is 0 Å². The summed E-state index contributed by atoms with van der Waals surface area (Å²) in [5.74, 6) is 0. The molecule has 0 aliphatic rings. The minimum atomic E-state index is -0.142. The fourth-order valence-corrected chi connectivity index (χ4v) is 0.0408. The lowest BCUT2D eigenvalue weighted by Crippen LogP contribution is -1.74. The second-order valence-corrected chi connectivity index (χ2v) is 0.516. The van der Waals surface area contributed by atoms with Gasteiger partial charge in [0.2, 0.25) is 0 Å². The molecule has 2 nitrogen and oxygen atoms in total. The van der Waals surface area contributed by atoms with Crippen LogP contribution < -0.4 is 0 Å². The van der Waals surface area contributed by atoms with Crippen molar-refractivity contribution < 1.29 is 5.11 Å². The Hall–Kier alpha value is -0.550. The van der Waals surface area contributed by atoms with Gasteiger partial charge in [-0.2, -0.15) is 5.26 Å². The molecule has 2 heteroatoms. The Morgan fingerprint density at radius 3 is 2.60 bits per heavy atom. The van der Waals surface area contributed by atoms with Crippen molar-refractivity contribution >= 4 is 0 Å². The zero-order chi connectivity index (χ0) is 4.12. The van der Waals surface area contributed by atoms with E-state index < -0.39 is 0 Å². The standard InChI is InChI=1S/C3H4NO/c4-2-1-3-5/h1,5H,3H2. The summed E-state index contributed by atoms with van der Waals surface area (Å²) in [7, 11) is 0. The number of nitrogens with zero attached hydrogens (tertiary/aromatic N) is 1. The van der Waals surface area contributed by atoms with Crippen molar-refractivity contribution in [3.05, 3.63) is 6.42 Å². The molecule has 27 valence electrons. The van der Waals surface area contributed by atoms with Crippen molar-refractivity contribution in [2.24, 2.45) is 0 Å². The Morgan fingerprint density at radius 1 is 2.00 bits per heavy atom. The van der Waals surface area contributed by atoms with Crippen LogP contribution in [0.25, 0.3) is 0 Å². The van der Waals surface area contributed by atoms with Gasteiger partial charge in [0.1, 0.15) is 0 Å². The fourth-order valence-electron chi connectivity index (χ4n) is 0.0408. The van der Waals surface area contributed by atoms with Crippen LogP contribution in [-0.4, -0.2) is 11.7 Å². The van der Waals surface area contributed by atoms with E-state index in [2.05, 4.69) is 0 Å². The molecule has 0 aliphatic carbocycles. The Labute approximate surface area is 30.7 Å². The third-order valence-electron chi connectivity index (χ3n) is 0.183. The van der Waals surface area contributed by atoms with Crippen molar-refractivity contribution in [2.45, 2.75) is 0 Å². The molecule has 0 amide bonds. The van der Waals surface area contributed by atoms with Crippen LogP contribution in [0.15, 0.2) is 0 Å². The second kappa shape index (κ2) is 3.45. The van der Waals surface area contributed by atoms with E-state index in [1.165, 1.54) is 0 Å². The second-order valence-electron chi connectivity index (χ2n) is 0.516. The maximum Gasteiger partial charge on any atom is 0.0874 e. The van der Waals surface area contributed by atoms with Crippen LogP contribution in [-0.2, 0) is 0 Å². The number of nitriles is 1. The summed E-state index contributed by atoms with van der Waals surface area (Å²) in [5, 5.41) is 15.4. The summed E-state index contributed by atoms with van der Waals surface area (Å²) in [6, 6.07) is 1.64. The number of hydrogen-bond acceptors (Lipinski definition) is 2. The van der Waals surface area contributed by atoms with Crippen LogP contribution in [0.2, 0.25) is 0 Å². The van der Waals surface area contributed by atoms with Gasteiger partial charge < -0.3 is 5.11 Å². The molecule has 0 aromatic heterocycles. The van der Waals surface area contributed by atoms with Crippen LogP contribution in [0.4, 0.5) is 0 Å². The van der Waals surface area contributed by atoms with Gasteiger partial charge in [0.05, 0.1) is 19.1 Å². The first-order valence-electron chi connectivity index (χ1n) is 1.24. The van der Waals surface area contributed by atoms with E-state index in [0.717, 1.165) is 6.42 Å². The van der Waals surface area contributed by atoms with E-state index in [9.17, 15) is 0 Å². The fraction of sp³-hybridized carbons (Fsp3) is 0.333. The third-order valence-corrected chi connectivity index (χ3v) is 0.183. The number of aliphatic hydroxyl groups is 1. The average Bonchev–Trinajstić information content (AvgIpc) is 1.41. The molecule has 5 heavy (non-hydrogen) atoms. The molecule has 0 bridgehead atoms. The first-order valence-corrected chi connectivity index (χ1v) is 1.24. The molecule has 0 saturated carbocycles. The zero-order valence-electron chi connectivity index (χ0n) is 2.68. The van der Waals surface area contributed by atoms with Crippen molar-refractivity contribution in [3.63, 3.8) is 0 Å². The summed E-state index contributed by atoms with van der Waals surface area (Å²) in [6.07, 6.45) is 1.11. The highest BCUT2D eigenvalue weighted by Gasteiger charge is 1.68. The predicted octanol–water partition coefficient (Wildman–Crippen LogP) is -0.293.